The lowest BCUT2D eigenvalue weighted by molar-refractivity contribution is -0.122. The molecule has 1 heterocycles. The minimum Gasteiger partial charge on any atom is -0.380 e. The first-order chi connectivity index (χ1) is 10.1. The summed E-state index contributed by atoms with van der Waals surface area (Å²) in [6, 6.07) is 0.950. The number of anilines is 1. The lowest BCUT2D eigenvalue weighted by Gasteiger charge is -2.32. The molecule has 2 N–H and O–H groups in total. The van der Waals surface area contributed by atoms with Gasteiger partial charge in [0.2, 0.25) is 5.91 Å². The average molecular weight is 290 g/mol. The molecule has 2 aliphatic rings. The van der Waals surface area contributed by atoms with Gasteiger partial charge in [0, 0.05) is 18.3 Å². The Hall–Kier alpha value is -1.52. The quantitative estimate of drug-likeness (QED) is 0.875. The van der Waals surface area contributed by atoms with Crippen LogP contribution in [0, 0.1) is 11.8 Å². The Morgan fingerprint density at radius 2 is 2.00 bits per heavy atom. The summed E-state index contributed by atoms with van der Waals surface area (Å²) in [5.74, 6) is 1.67. The summed E-state index contributed by atoms with van der Waals surface area (Å²) in [6.07, 6.45) is 9.73. The lowest BCUT2D eigenvalue weighted by atomic mass is 9.79. The third-order valence-corrected chi connectivity index (χ3v) is 4.85. The highest BCUT2D eigenvalue weighted by Crippen LogP contribution is 2.30. The number of nitrogens with one attached hydrogen (secondary N) is 2. The smallest absolute Gasteiger partial charge is 0.241 e. The van der Waals surface area contributed by atoms with E-state index in [-0.39, 0.29) is 5.91 Å². The van der Waals surface area contributed by atoms with Gasteiger partial charge in [0.1, 0.15) is 6.54 Å². The summed E-state index contributed by atoms with van der Waals surface area (Å²) in [5.41, 5.74) is 1.03. The Morgan fingerprint density at radius 3 is 2.71 bits per heavy atom. The summed E-state index contributed by atoms with van der Waals surface area (Å²) in [4.78, 5) is 11.7. The van der Waals surface area contributed by atoms with E-state index in [1.54, 1.807) is 4.68 Å². The van der Waals surface area contributed by atoms with Crippen LogP contribution in [0.4, 0.5) is 5.69 Å². The molecule has 0 saturated heterocycles. The maximum absolute atomic E-state index is 11.7. The van der Waals surface area contributed by atoms with Gasteiger partial charge in [0.15, 0.2) is 0 Å². The zero-order chi connectivity index (χ0) is 14.8. The molecule has 0 bridgehead atoms. The van der Waals surface area contributed by atoms with Gasteiger partial charge < -0.3 is 10.6 Å². The van der Waals surface area contributed by atoms with Crippen molar-refractivity contribution in [2.45, 2.75) is 64.6 Å². The highest BCUT2D eigenvalue weighted by atomic mass is 16.2. The molecule has 116 valence electrons. The molecule has 3 rings (SSSR count). The predicted octanol–water partition coefficient (Wildman–Crippen LogP) is 2.40. The van der Waals surface area contributed by atoms with E-state index in [0.29, 0.717) is 18.6 Å². The molecule has 1 amide bonds. The van der Waals surface area contributed by atoms with Crippen molar-refractivity contribution in [3.63, 3.8) is 0 Å². The summed E-state index contributed by atoms with van der Waals surface area (Å²) in [6.45, 7) is 5.00. The summed E-state index contributed by atoms with van der Waals surface area (Å²) >= 11 is 0. The number of amides is 1. The predicted molar refractivity (Wildman–Crippen MR) is 83.0 cm³/mol. The van der Waals surface area contributed by atoms with Crippen LogP contribution in [0.5, 0.6) is 0 Å². The minimum atomic E-state index is 0.0623. The molecule has 2 saturated carbocycles. The van der Waals surface area contributed by atoms with E-state index in [1.807, 2.05) is 12.4 Å². The Morgan fingerprint density at radius 1 is 1.24 bits per heavy atom. The minimum absolute atomic E-state index is 0.0623. The van der Waals surface area contributed by atoms with E-state index >= 15 is 0 Å². The van der Waals surface area contributed by atoms with Crippen molar-refractivity contribution < 1.29 is 4.79 Å². The molecule has 2 aliphatic carbocycles. The molecule has 3 atom stereocenters. The molecule has 2 fully saturated rings. The average Bonchev–Trinajstić information content (AvgIpc) is 3.13. The van der Waals surface area contributed by atoms with Crippen LogP contribution in [0.15, 0.2) is 12.4 Å². The van der Waals surface area contributed by atoms with E-state index in [4.69, 9.17) is 0 Å². The number of hydrogen-bond donors (Lipinski definition) is 2. The third kappa shape index (κ3) is 3.99. The van der Waals surface area contributed by atoms with Crippen LogP contribution in [0.25, 0.3) is 0 Å². The highest BCUT2D eigenvalue weighted by molar-refractivity contribution is 5.76. The van der Waals surface area contributed by atoms with E-state index in [9.17, 15) is 4.79 Å². The first-order valence-electron chi connectivity index (χ1n) is 8.18. The van der Waals surface area contributed by atoms with E-state index in [0.717, 1.165) is 30.4 Å². The molecule has 3 unspecified atom stereocenters. The molecular weight excluding hydrogens is 264 g/mol. The molecular formula is C16H26N4O. The van der Waals surface area contributed by atoms with Crippen LogP contribution in [-0.4, -0.2) is 27.8 Å². The van der Waals surface area contributed by atoms with Crippen molar-refractivity contribution in [3.05, 3.63) is 12.4 Å². The Kier molecular flexibility index (Phi) is 4.17. The van der Waals surface area contributed by atoms with E-state index < -0.39 is 0 Å². The van der Waals surface area contributed by atoms with Gasteiger partial charge in [0.05, 0.1) is 11.9 Å². The van der Waals surface area contributed by atoms with Gasteiger partial charge in [-0.1, -0.05) is 13.8 Å². The number of aromatic nitrogens is 2. The first kappa shape index (κ1) is 14.4. The van der Waals surface area contributed by atoms with Crippen molar-refractivity contribution in [2.24, 2.45) is 11.8 Å². The normalized spacial score (nSPS) is 29.1. The van der Waals surface area contributed by atoms with Crippen LogP contribution < -0.4 is 10.6 Å². The molecule has 0 radical (unpaired) electrons. The maximum Gasteiger partial charge on any atom is 0.241 e. The van der Waals surface area contributed by atoms with Crippen LogP contribution in [0.1, 0.15) is 46.0 Å². The van der Waals surface area contributed by atoms with Crippen LogP contribution in [0.3, 0.4) is 0 Å². The van der Waals surface area contributed by atoms with E-state index in [1.165, 1.54) is 19.3 Å². The SMILES string of the molecule is CC1CCC(Nc2cnn(CC(=O)NC3CC3)c2)CC1C. The molecule has 0 aromatic carbocycles. The molecule has 0 spiro atoms. The summed E-state index contributed by atoms with van der Waals surface area (Å²) in [7, 11) is 0. The number of carbonyl (C=O) groups excluding carboxylic acids is 1. The van der Waals surface area contributed by atoms with E-state index in [2.05, 4.69) is 29.6 Å². The van der Waals surface area contributed by atoms with Gasteiger partial charge in [-0.15, -0.1) is 0 Å². The Balaban J connectivity index is 1.49. The molecule has 1 aromatic rings. The van der Waals surface area contributed by atoms with Gasteiger partial charge in [-0.25, -0.2) is 0 Å². The van der Waals surface area contributed by atoms with Gasteiger partial charge in [-0.2, -0.15) is 5.10 Å². The third-order valence-electron chi connectivity index (χ3n) is 4.85. The second-order valence-corrected chi connectivity index (χ2v) is 6.88. The van der Waals surface area contributed by atoms with Crippen molar-refractivity contribution in [1.29, 1.82) is 0 Å². The second kappa shape index (κ2) is 6.08. The van der Waals surface area contributed by atoms with Gasteiger partial charge in [-0.05, 0) is 43.9 Å². The fraction of sp³-hybridized carbons (Fsp3) is 0.750. The van der Waals surface area contributed by atoms with Crippen LogP contribution >= 0.6 is 0 Å². The number of carbonyl (C=O) groups is 1. The summed E-state index contributed by atoms with van der Waals surface area (Å²) in [5, 5.41) is 10.8. The largest absolute Gasteiger partial charge is 0.380 e. The summed E-state index contributed by atoms with van der Waals surface area (Å²) < 4.78 is 1.72. The maximum atomic E-state index is 11.7. The zero-order valence-electron chi connectivity index (χ0n) is 13.0. The molecule has 5 heteroatoms. The van der Waals surface area contributed by atoms with Crippen LogP contribution in [0.2, 0.25) is 0 Å². The Bertz CT molecular complexity index is 494. The van der Waals surface area contributed by atoms with Gasteiger partial charge >= 0.3 is 0 Å². The monoisotopic (exact) mass is 290 g/mol. The van der Waals surface area contributed by atoms with Crippen molar-refractivity contribution in [3.8, 4) is 0 Å². The molecule has 0 aliphatic heterocycles. The number of nitrogens with zero attached hydrogens (tertiary/aromatic N) is 2. The highest BCUT2D eigenvalue weighted by Gasteiger charge is 2.25. The van der Waals surface area contributed by atoms with Gasteiger partial charge in [-0.3, -0.25) is 9.48 Å². The van der Waals surface area contributed by atoms with Crippen LogP contribution in [-0.2, 0) is 11.3 Å². The first-order valence-corrected chi connectivity index (χ1v) is 8.18. The van der Waals surface area contributed by atoms with Crippen molar-refractivity contribution in [2.75, 3.05) is 5.32 Å². The number of rotatable bonds is 5. The zero-order valence-corrected chi connectivity index (χ0v) is 13.0. The topological polar surface area (TPSA) is 59.0 Å². The standard InChI is InChI=1S/C16H26N4O/c1-11-3-4-14(7-12(11)2)18-15-8-17-20(9-15)10-16(21)19-13-5-6-13/h8-9,11-14,18H,3-7,10H2,1-2H3,(H,19,21). The molecule has 21 heavy (non-hydrogen) atoms. The van der Waals surface area contributed by atoms with Crippen molar-refractivity contribution >= 4 is 11.6 Å². The van der Waals surface area contributed by atoms with Gasteiger partial charge in [0.25, 0.3) is 0 Å². The Labute approximate surface area is 126 Å². The second-order valence-electron chi connectivity index (χ2n) is 6.88. The number of hydrogen-bond acceptors (Lipinski definition) is 3. The fourth-order valence-corrected chi connectivity index (χ4v) is 3.09. The molecule has 1 aromatic heterocycles. The van der Waals surface area contributed by atoms with Crippen molar-refractivity contribution in [1.82, 2.24) is 15.1 Å². The lowest BCUT2D eigenvalue weighted by Crippen LogP contribution is -2.30. The molecule has 5 nitrogen and oxygen atoms in total. The fourth-order valence-electron chi connectivity index (χ4n) is 3.09.